The van der Waals surface area contributed by atoms with Crippen molar-refractivity contribution in [3.8, 4) is 5.75 Å². The maximum absolute atomic E-state index is 12.0. The Kier molecular flexibility index (Phi) is 4.13. The Labute approximate surface area is 153 Å². The van der Waals surface area contributed by atoms with Gasteiger partial charge < -0.3 is 15.8 Å². The summed E-state index contributed by atoms with van der Waals surface area (Å²) in [5, 5.41) is 4.92. The monoisotopic (exact) mass is 373 g/mol. The third kappa shape index (κ3) is 2.98. The zero-order chi connectivity index (χ0) is 17.6. The van der Waals surface area contributed by atoms with Crippen LogP contribution in [0.1, 0.15) is 34.1 Å². The molecule has 4 rings (SSSR count). The lowest BCUT2D eigenvalue weighted by Crippen LogP contribution is -2.17. The van der Waals surface area contributed by atoms with Gasteiger partial charge in [-0.05, 0) is 48.9 Å². The summed E-state index contributed by atoms with van der Waals surface area (Å²) in [6.45, 7) is 2.25. The van der Waals surface area contributed by atoms with Gasteiger partial charge in [0.2, 0.25) is 0 Å². The van der Waals surface area contributed by atoms with E-state index in [1.807, 2.05) is 18.2 Å². The Bertz CT molecular complexity index is 961. The maximum Gasteiger partial charge on any atom is 0.251 e. The number of nitrogens with zero attached hydrogens (tertiary/aromatic N) is 1. The highest BCUT2D eigenvalue weighted by atomic mass is 32.1. The van der Waals surface area contributed by atoms with Crippen molar-refractivity contribution in [1.29, 1.82) is 0 Å². The topological polar surface area (TPSA) is 77.2 Å². The summed E-state index contributed by atoms with van der Waals surface area (Å²) in [7, 11) is 1.65. The van der Waals surface area contributed by atoms with Crippen LogP contribution in [0.4, 0.5) is 10.1 Å². The number of nitrogens with one attached hydrogen (secondary N) is 1. The standard InChI is InChI=1S/C18H19N3O2S2/c1-9-3-5-11-13(7-9)24-17(15(11)16(19)22)21-18-20-12-6-4-10(23-2)8-14(12)25-18/h4,6,8-9H,3,5,7H2,1-2H3,(H2,19,22)(H,20,21). The normalized spacial score (nSPS) is 16.6. The highest BCUT2D eigenvalue weighted by Crippen LogP contribution is 2.41. The number of primary amides is 1. The minimum absolute atomic E-state index is 0.364. The van der Waals surface area contributed by atoms with Gasteiger partial charge in [0.15, 0.2) is 5.13 Å². The SMILES string of the molecule is COc1ccc2nc(Nc3sc4c(c3C(N)=O)CCC(C)C4)sc2c1. The third-order valence-electron chi connectivity index (χ3n) is 4.57. The van der Waals surface area contributed by atoms with Crippen LogP contribution in [0.3, 0.4) is 0 Å². The van der Waals surface area contributed by atoms with Gasteiger partial charge in [-0.1, -0.05) is 18.3 Å². The van der Waals surface area contributed by atoms with E-state index in [2.05, 4.69) is 17.2 Å². The van der Waals surface area contributed by atoms with E-state index in [-0.39, 0.29) is 5.91 Å². The molecule has 25 heavy (non-hydrogen) atoms. The maximum atomic E-state index is 12.0. The summed E-state index contributed by atoms with van der Waals surface area (Å²) in [4.78, 5) is 17.9. The van der Waals surface area contributed by atoms with E-state index in [0.29, 0.717) is 11.5 Å². The number of hydrogen-bond donors (Lipinski definition) is 2. The molecule has 130 valence electrons. The second kappa shape index (κ2) is 6.31. The first-order valence-electron chi connectivity index (χ1n) is 8.21. The molecule has 3 aromatic rings. The fourth-order valence-electron chi connectivity index (χ4n) is 3.28. The quantitative estimate of drug-likeness (QED) is 0.713. The van der Waals surface area contributed by atoms with Crippen molar-refractivity contribution in [2.24, 2.45) is 11.7 Å². The van der Waals surface area contributed by atoms with E-state index in [9.17, 15) is 4.79 Å². The van der Waals surface area contributed by atoms with Crippen molar-refractivity contribution >= 4 is 48.9 Å². The Hall–Kier alpha value is -2.12. The number of hydrogen-bond acceptors (Lipinski definition) is 6. The van der Waals surface area contributed by atoms with Crippen molar-refractivity contribution in [3.63, 3.8) is 0 Å². The van der Waals surface area contributed by atoms with Crippen LogP contribution in [-0.4, -0.2) is 18.0 Å². The predicted molar refractivity (Wildman–Crippen MR) is 103 cm³/mol. The minimum atomic E-state index is -0.364. The third-order valence-corrected chi connectivity index (χ3v) is 6.68. The predicted octanol–water partition coefficient (Wildman–Crippen LogP) is 4.33. The van der Waals surface area contributed by atoms with Crippen LogP contribution < -0.4 is 15.8 Å². The van der Waals surface area contributed by atoms with Crippen LogP contribution in [0.25, 0.3) is 10.2 Å². The first-order valence-corrected chi connectivity index (χ1v) is 9.84. The highest BCUT2D eigenvalue weighted by Gasteiger charge is 2.26. The second-order valence-electron chi connectivity index (χ2n) is 6.40. The molecule has 1 atom stereocenters. The number of thiophene rings is 1. The largest absolute Gasteiger partial charge is 0.497 e. The number of thiazole rings is 1. The van der Waals surface area contributed by atoms with Crippen molar-refractivity contribution in [2.75, 3.05) is 12.4 Å². The number of carbonyl (C=O) groups is 1. The summed E-state index contributed by atoms with van der Waals surface area (Å²) in [5.41, 5.74) is 8.35. The Morgan fingerprint density at radius 3 is 3.00 bits per heavy atom. The first-order chi connectivity index (χ1) is 12.0. The van der Waals surface area contributed by atoms with Crippen LogP contribution in [-0.2, 0) is 12.8 Å². The number of benzene rings is 1. The van der Waals surface area contributed by atoms with Crippen molar-refractivity contribution in [3.05, 3.63) is 34.2 Å². The molecule has 7 heteroatoms. The molecule has 1 aliphatic rings. The van der Waals surface area contributed by atoms with E-state index >= 15 is 0 Å². The van der Waals surface area contributed by atoms with Gasteiger partial charge in [0.05, 0.1) is 22.9 Å². The van der Waals surface area contributed by atoms with Gasteiger partial charge in [0, 0.05) is 4.88 Å². The van der Waals surface area contributed by atoms with Crippen molar-refractivity contribution < 1.29 is 9.53 Å². The molecule has 1 amide bonds. The van der Waals surface area contributed by atoms with Crippen molar-refractivity contribution in [1.82, 2.24) is 4.98 Å². The molecule has 0 radical (unpaired) electrons. The van der Waals surface area contributed by atoms with Gasteiger partial charge in [-0.25, -0.2) is 4.98 Å². The Balaban J connectivity index is 1.72. The summed E-state index contributed by atoms with van der Waals surface area (Å²) in [6, 6.07) is 5.80. The van der Waals surface area contributed by atoms with E-state index < -0.39 is 0 Å². The number of ether oxygens (including phenoxy) is 1. The van der Waals surface area contributed by atoms with E-state index in [1.165, 1.54) is 4.88 Å². The van der Waals surface area contributed by atoms with Gasteiger partial charge in [0.25, 0.3) is 5.91 Å². The average molecular weight is 374 g/mol. The Morgan fingerprint density at radius 2 is 2.24 bits per heavy atom. The first kappa shape index (κ1) is 16.4. The smallest absolute Gasteiger partial charge is 0.251 e. The van der Waals surface area contributed by atoms with Gasteiger partial charge in [-0.15, -0.1) is 11.3 Å². The molecule has 1 aromatic carbocycles. The lowest BCUT2D eigenvalue weighted by Gasteiger charge is -2.18. The molecule has 5 nitrogen and oxygen atoms in total. The lowest BCUT2D eigenvalue weighted by atomic mass is 9.88. The molecule has 0 spiro atoms. The molecule has 0 fully saturated rings. The van der Waals surface area contributed by atoms with E-state index in [1.54, 1.807) is 29.8 Å². The van der Waals surface area contributed by atoms with Gasteiger partial charge in [0.1, 0.15) is 10.8 Å². The highest BCUT2D eigenvalue weighted by molar-refractivity contribution is 7.23. The van der Waals surface area contributed by atoms with Gasteiger partial charge >= 0.3 is 0 Å². The lowest BCUT2D eigenvalue weighted by molar-refractivity contribution is 0.1000. The number of anilines is 2. The summed E-state index contributed by atoms with van der Waals surface area (Å²) >= 11 is 3.18. The van der Waals surface area contributed by atoms with Gasteiger partial charge in [-0.2, -0.15) is 0 Å². The summed E-state index contributed by atoms with van der Waals surface area (Å²) in [6.07, 6.45) is 3.04. The number of methoxy groups -OCH3 is 1. The van der Waals surface area contributed by atoms with E-state index in [0.717, 1.165) is 50.9 Å². The molecule has 3 N–H and O–H groups in total. The number of aromatic nitrogens is 1. The molecule has 0 saturated heterocycles. The van der Waals surface area contributed by atoms with Crippen LogP contribution in [0, 0.1) is 5.92 Å². The van der Waals surface area contributed by atoms with Crippen molar-refractivity contribution in [2.45, 2.75) is 26.2 Å². The van der Waals surface area contributed by atoms with Crippen LogP contribution >= 0.6 is 22.7 Å². The summed E-state index contributed by atoms with van der Waals surface area (Å²) in [5.74, 6) is 1.09. The van der Waals surface area contributed by atoms with Crippen LogP contribution in [0.15, 0.2) is 18.2 Å². The zero-order valence-electron chi connectivity index (χ0n) is 14.1. The summed E-state index contributed by atoms with van der Waals surface area (Å²) < 4.78 is 6.30. The zero-order valence-corrected chi connectivity index (χ0v) is 15.7. The van der Waals surface area contributed by atoms with Crippen LogP contribution in [0.2, 0.25) is 0 Å². The molecule has 1 unspecified atom stereocenters. The number of rotatable bonds is 4. The number of amides is 1. The molecular formula is C18H19N3O2S2. The molecule has 0 aliphatic heterocycles. The number of carbonyl (C=O) groups excluding carboxylic acids is 1. The van der Waals surface area contributed by atoms with Gasteiger partial charge in [-0.3, -0.25) is 4.79 Å². The molecule has 0 saturated carbocycles. The molecule has 2 heterocycles. The number of nitrogens with two attached hydrogens (primary N) is 1. The van der Waals surface area contributed by atoms with Crippen LogP contribution in [0.5, 0.6) is 5.75 Å². The fraction of sp³-hybridized carbons (Fsp3) is 0.333. The molecule has 2 aromatic heterocycles. The number of fused-ring (bicyclic) bond motifs is 2. The second-order valence-corrected chi connectivity index (χ2v) is 8.53. The molecular weight excluding hydrogens is 354 g/mol. The minimum Gasteiger partial charge on any atom is -0.497 e. The fourth-order valence-corrected chi connectivity index (χ4v) is 5.66. The average Bonchev–Trinajstić information content (AvgIpc) is 3.13. The molecule has 0 bridgehead atoms. The molecule has 1 aliphatic carbocycles. The Morgan fingerprint density at radius 1 is 1.40 bits per heavy atom. The van der Waals surface area contributed by atoms with E-state index in [4.69, 9.17) is 10.5 Å².